The Hall–Kier alpha value is -1.86. The van der Waals surface area contributed by atoms with Crippen molar-refractivity contribution in [2.45, 2.75) is 38.4 Å². The van der Waals surface area contributed by atoms with Gasteiger partial charge < -0.3 is 5.32 Å². The van der Waals surface area contributed by atoms with E-state index in [0.29, 0.717) is 17.8 Å². The van der Waals surface area contributed by atoms with Crippen molar-refractivity contribution in [1.29, 1.82) is 0 Å². The number of para-hydroxylation sites is 1. The van der Waals surface area contributed by atoms with Gasteiger partial charge in [-0.25, -0.2) is 0 Å². The van der Waals surface area contributed by atoms with Gasteiger partial charge in [0.2, 0.25) is 5.03 Å². The number of anilines is 1. The van der Waals surface area contributed by atoms with Crippen molar-refractivity contribution in [1.82, 2.24) is 15.5 Å². The summed E-state index contributed by atoms with van der Waals surface area (Å²) in [5.74, 6) is 0. The second-order valence-electron chi connectivity index (χ2n) is 5.14. The van der Waals surface area contributed by atoms with Gasteiger partial charge in [0.15, 0.2) is 0 Å². The normalized spacial score (nSPS) is 11.8. The number of H-pyrrole nitrogens is 1. The Morgan fingerprint density at radius 2 is 1.90 bits per heavy atom. The molecule has 3 N–H and O–H groups in total. The minimum atomic E-state index is -3.70. The van der Waals surface area contributed by atoms with Crippen molar-refractivity contribution in [2.75, 3.05) is 4.72 Å². The maximum Gasteiger partial charge on any atom is 0.281 e. The van der Waals surface area contributed by atoms with Crippen molar-refractivity contribution < 1.29 is 8.42 Å². The Labute approximate surface area is 125 Å². The number of aryl methyl sites for hydroxylation is 1. The molecular formula is C14H20N4O2S. The molecule has 0 unspecified atom stereocenters. The summed E-state index contributed by atoms with van der Waals surface area (Å²) >= 11 is 0. The van der Waals surface area contributed by atoms with Crippen molar-refractivity contribution >= 4 is 15.7 Å². The first-order chi connectivity index (χ1) is 9.90. The number of rotatable bonds is 6. The monoisotopic (exact) mass is 308 g/mol. The predicted molar refractivity (Wildman–Crippen MR) is 82.6 cm³/mol. The minimum Gasteiger partial charge on any atom is -0.310 e. The average Bonchev–Trinajstić information content (AvgIpc) is 2.79. The van der Waals surface area contributed by atoms with Crippen LogP contribution in [0.4, 0.5) is 5.69 Å². The van der Waals surface area contributed by atoms with Crippen molar-refractivity contribution in [3.05, 3.63) is 41.6 Å². The lowest BCUT2D eigenvalue weighted by molar-refractivity contribution is 0.574. The molecule has 0 aliphatic carbocycles. The molecule has 2 rings (SSSR count). The van der Waals surface area contributed by atoms with E-state index in [1.54, 1.807) is 24.3 Å². The lowest BCUT2D eigenvalue weighted by Gasteiger charge is -2.10. The van der Waals surface area contributed by atoms with Gasteiger partial charge in [0.05, 0.1) is 0 Å². The molecule has 0 spiro atoms. The summed E-state index contributed by atoms with van der Waals surface area (Å²) in [6.07, 6.45) is 0. The van der Waals surface area contributed by atoms with Gasteiger partial charge in [0, 0.05) is 29.5 Å². The third-order valence-electron chi connectivity index (χ3n) is 3.00. The summed E-state index contributed by atoms with van der Waals surface area (Å²) in [6, 6.07) is 9.03. The Balaban J connectivity index is 2.28. The molecule has 0 bridgehead atoms. The van der Waals surface area contributed by atoms with E-state index in [9.17, 15) is 8.42 Å². The van der Waals surface area contributed by atoms with Crippen molar-refractivity contribution in [2.24, 2.45) is 0 Å². The number of aromatic amines is 1. The predicted octanol–water partition coefficient (Wildman–Crippen LogP) is 2.02. The highest BCUT2D eigenvalue weighted by Gasteiger charge is 2.23. The van der Waals surface area contributed by atoms with Gasteiger partial charge in [0.25, 0.3) is 10.0 Å². The van der Waals surface area contributed by atoms with Crippen molar-refractivity contribution in [3.63, 3.8) is 0 Å². The number of nitrogens with zero attached hydrogens (tertiary/aromatic N) is 1. The Bertz CT molecular complexity index is 693. The Morgan fingerprint density at radius 1 is 1.24 bits per heavy atom. The van der Waals surface area contributed by atoms with Crippen LogP contribution in [-0.2, 0) is 16.6 Å². The second kappa shape index (κ2) is 6.28. The van der Waals surface area contributed by atoms with Gasteiger partial charge in [-0.15, -0.1) is 0 Å². The van der Waals surface area contributed by atoms with Crippen LogP contribution in [0.5, 0.6) is 0 Å². The lowest BCUT2D eigenvalue weighted by atomic mass is 10.2. The Morgan fingerprint density at radius 3 is 2.52 bits per heavy atom. The summed E-state index contributed by atoms with van der Waals surface area (Å²) in [5, 5.41) is 9.94. The maximum atomic E-state index is 12.5. The zero-order valence-corrected chi connectivity index (χ0v) is 13.2. The molecular weight excluding hydrogens is 288 g/mol. The molecule has 114 valence electrons. The maximum absolute atomic E-state index is 12.5. The first kappa shape index (κ1) is 15.5. The summed E-state index contributed by atoms with van der Waals surface area (Å²) in [4.78, 5) is 0. The first-order valence-corrected chi connectivity index (χ1v) is 8.23. The third-order valence-corrected chi connectivity index (χ3v) is 4.35. The number of nitrogens with one attached hydrogen (secondary N) is 3. The number of hydrogen-bond donors (Lipinski definition) is 3. The second-order valence-corrected chi connectivity index (χ2v) is 6.74. The molecule has 2 aromatic rings. The van der Waals surface area contributed by atoms with Crippen LogP contribution in [0.25, 0.3) is 0 Å². The molecule has 0 aliphatic heterocycles. The van der Waals surface area contributed by atoms with Crippen LogP contribution in [0, 0.1) is 6.92 Å². The van der Waals surface area contributed by atoms with E-state index in [1.165, 1.54) is 0 Å². The van der Waals surface area contributed by atoms with E-state index >= 15 is 0 Å². The van der Waals surface area contributed by atoms with E-state index in [1.807, 2.05) is 26.8 Å². The fraction of sp³-hybridized carbons (Fsp3) is 0.357. The van der Waals surface area contributed by atoms with Crippen molar-refractivity contribution in [3.8, 4) is 0 Å². The molecule has 6 nitrogen and oxygen atoms in total. The lowest BCUT2D eigenvalue weighted by Crippen LogP contribution is -2.24. The Kier molecular flexibility index (Phi) is 4.64. The average molecular weight is 308 g/mol. The highest BCUT2D eigenvalue weighted by molar-refractivity contribution is 7.92. The number of hydrogen-bond acceptors (Lipinski definition) is 4. The molecule has 0 aliphatic rings. The third kappa shape index (κ3) is 3.83. The SMILES string of the molecule is Cc1[nH]nc(S(=O)(=O)Nc2ccccc2)c1CNC(C)C. The van der Waals surface area contributed by atoms with E-state index < -0.39 is 10.0 Å². The molecule has 0 fully saturated rings. The van der Waals surface area contributed by atoms with Gasteiger partial charge in [-0.2, -0.15) is 13.5 Å². The molecule has 0 saturated heterocycles. The molecule has 1 aromatic carbocycles. The van der Waals surface area contributed by atoms with E-state index in [0.717, 1.165) is 5.69 Å². The molecule has 1 heterocycles. The van der Waals surface area contributed by atoms with Crippen LogP contribution in [-0.4, -0.2) is 24.7 Å². The fourth-order valence-electron chi connectivity index (χ4n) is 1.88. The minimum absolute atomic E-state index is 0.0389. The van der Waals surface area contributed by atoms with Crippen LogP contribution >= 0.6 is 0 Å². The number of benzene rings is 1. The number of sulfonamides is 1. The van der Waals surface area contributed by atoms with Crippen LogP contribution in [0.2, 0.25) is 0 Å². The molecule has 0 radical (unpaired) electrons. The number of aromatic nitrogens is 2. The van der Waals surface area contributed by atoms with Gasteiger partial charge in [-0.05, 0) is 19.1 Å². The highest BCUT2D eigenvalue weighted by atomic mass is 32.2. The largest absolute Gasteiger partial charge is 0.310 e. The van der Waals surface area contributed by atoms with Crippen LogP contribution in [0.3, 0.4) is 0 Å². The quantitative estimate of drug-likeness (QED) is 0.762. The van der Waals surface area contributed by atoms with Crippen LogP contribution in [0.15, 0.2) is 35.4 Å². The standard InChI is InChI=1S/C14H20N4O2S/c1-10(2)15-9-13-11(3)16-17-14(13)21(19,20)18-12-7-5-4-6-8-12/h4-8,10,15,18H,9H2,1-3H3,(H,16,17). The van der Waals surface area contributed by atoms with E-state index in [4.69, 9.17) is 0 Å². The zero-order chi connectivity index (χ0) is 15.5. The van der Waals surface area contributed by atoms with Gasteiger partial charge >= 0.3 is 0 Å². The first-order valence-electron chi connectivity index (χ1n) is 6.75. The summed E-state index contributed by atoms with van der Waals surface area (Å²) in [7, 11) is -3.70. The fourth-order valence-corrected chi connectivity index (χ4v) is 3.13. The smallest absolute Gasteiger partial charge is 0.281 e. The zero-order valence-electron chi connectivity index (χ0n) is 12.3. The van der Waals surface area contributed by atoms with E-state index in [-0.39, 0.29) is 11.1 Å². The topological polar surface area (TPSA) is 86.9 Å². The highest BCUT2D eigenvalue weighted by Crippen LogP contribution is 2.19. The van der Waals surface area contributed by atoms with Gasteiger partial charge in [-0.3, -0.25) is 9.82 Å². The van der Waals surface area contributed by atoms with Gasteiger partial charge in [0.1, 0.15) is 0 Å². The molecule has 0 atom stereocenters. The molecule has 1 aromatic heterocycles. The van der Waals surface area contributed by atoms with E-state index in [2.05, 4.69) is 20.2 Å². The van der Waals surface area contributed by atoms with Gasteiger partial charge in [-0.1, -0.05) is 32.0 Å². The summed E-state index contributed by atoms with van der Waals surface area (Å²) in [5.41, 5.74) is 1.92. The molecule has 0 saturated carbocycles. The summed E-state index contributed by atoms with van der Waals surface area (Å²) in [6.45, 7) is 6.27. The molecule has 7 heteroatoms. The van der Waals surface area contributed by atoms with Crippen LogP contribution < -0.4 is 10.0 Å². The molecule has 21 heavy (non-hydrogen) atoms. The molecule has 0 amide bonds. The summed E-state index contributed by atoms with van der Waals surface area (Å²) < 4.78 is 27.5. The van der Waals surface area contributed by atoms with Crippen LogP contribution in [0.1, 0.15) is 25.1 Å².